The van der Waals surface area contributed by atoms with Gasteiger partial charge in [0, 0.05) is 32.7 Å². The molecule has 0 aliphatic heterocycles. The molecule has 0 aromatic carbocycles. The molecule has 0 saturated carbocycles. The van der Waals surface area contributed by atoms with E-state index in [4.69, 9.17) is 10.1 Å². The number of hydrogen-bond acceptors (Lipinski definition) is 3. The average Bonchev–Trinajstić information content (AvgIpc) is 2.22. The Kier molecular flexibility index (Phi) is 8.04. The van der Waals surface area contributed by atoms with E-state index in [0.29, 0.717) is 5.76 Å². The van der Waals surface area contributed by atoms with Gasteiger partial charge in [-0.05, 0) is 19.4 Å². The molecule has 0 aliphatic carbocycles. The van der Waals surface area contributed by atoms with Gasteiger partial charge in [0.2, 0.25) is 5.90 Å². The number of pyridine rings is 1. The molecule has 0 unspecified atom stereocenters. The fraction of sp³-hybridized carbons (Fsp3) is 0.385. The van der Waals surface area contributed by atoms with Crippen molar-refractivity contribution in [1.29, 1.82) is 5.41 Å². The number of aryl methyl sites for hydroxylation is 1. The van der Waals surface area contributed by atoms with Gasteiger partial charge >= 0.3 is 0 Å². The van der Waals surface area contributed by atoms with Crippen molar-refractivity contribution in [3.8, 4) is 0 Å². The van der Waals surface area contributed by atoms with Crippen molar-refractivity contribution >= 4 is 5.90 Å². The van der Waals surface area contributed by atoms with Gasteiger partial charge in [-0.15, -0.1) is 6.07 Å². The Labute approximate surface area is 132 Å². The molecule has 0 spiro atoms. The van der Waals surface area contributed by atoms with Crippen molar-refractivity contribution in [1.82, 2.24) is 4.57 Å². The molecule has 0 amide bonds. The van der Waals surface area contributed by atoms with E-state index in [1.54, 1.807) is 13.1 Å². The maximum atomic E-state index is 11.6. The van der Waals surface area contributed by atoms with Crippen LogP contribution in [0.15, 0.2) is 28.9 Å². The number of allylic oxidation sites excluding steroid dienone is 2. The third-order valence-electron chi connectivity index (χ3n) is 2.16. The van der Waals surface area contributed by atoms with Crippen LogP contribution in [0.2, 0.25) is 0 Å². The monoisotopic (exact) mass is 322 g/mol. The summed E-state index contributed by atoms with van der Waals surface area (Å²) in [7, 11) is 0. The topological polar surface area (TPSA) is 55.1 Å². The Balaban J connectivity index is 0.00000289. The summed E-state index contributed by atoms with van der Waals surface area (Å²) in [5, 5.41) is 7.65. The van der Waals surface area contributed by atoms with Gasteiger partial charge in [-0.1, -0.05) is 20.0 Å². The number of nitrogens with zero attached hydrogens (tertiary/aromatic N) is 1. The molecule has 0 fully saturated rings. The molecular formula is C13H17N2O2Y-. The third kappa shape index (κ3) is 5.74. The van der Waals surface area contributed by atoms with Crippen LogP contribution in [0.4, 0.5) is 0 Å². The van der Waals surface area contributed by atoms with E-state index in [1.165, 1.54) is 10.6 Å². The Morgan fingerprint density at radius 3 is 2.83 bits per heavy atom. The summed E-state index contributed by atoms with van der Waals surface area (Å²) in [6.45, 7) is 5.73. The van der Waals surface area contributed by atoms with Crippen LogP contribution in [0.25, 0.3) is 0 Å². The van der Waals surface area contributed by atoms with Crippen LogP contribution in [0.1, 0.15) is 25.8 Å². The summed E-state index contributed by atoms with van der Waals surface area (Å²) >= 11 is 0. The zero-order chi connectivity index (χ0) is 12.8. The summed E-state index contributed by atoms with van der Waals surface area (Å²) < 4.78 is 6.65. The minimum absolute atomic E-state index is 0. The second-order valence-corrected chi connectivity index (χ2v) is 3.82. The minimum Gasteiger partial charge on any atom is -0.447 e. The van der Waals surface area contributed by atoms with Crippen LogP contribution in [0.5, 0.6) is 0 Å². The zero-order valence-electron chi connectivity index (χ0n) is 11.0. The fourth-order valence-electron chi connectivity index (χ4n) is 1.39. The average molecular weight is 322 g/mol. The van der Waals surface area contributed by atoms with E-state index in [0.717, 1.165) is 12.0 Å². The number of ether oxygens (including phenoxy) is 1. The molecule has 1 N–H and O–H groups in total. The van der Waals surface area contributed by atoms with Gasteiger partial charge in [0.15, 0.2) is 5.56 Å². The third-order valence-corrected chi connectivity index (χ3v) is 2.16. The summed E-state index contributed by atoms with van der Waals surface area (Å²) in [5.74, 6) is 0.730. The predicted molar refractivity (Wildman–Crippen MR) is 67.1 cm³/mol. The first-order chi connectivity index (χ1) is 8.02. The van der Waals surface area contributed by atoms with Crippen LogP contribution < -0.4 is 5.56 Å². The quantitative estimate of drug-likeness (QED) is 0.400. The first-order valence-electron chi connectivity index (χ1n) is 5.53. The van der Waals surface area contributed by atoms with E-state index in [2.05, 4.69) is 6.07 Å². The molecule has 0 bridgehead atoms. The van der Waals surface area contributed by atoms with Crippen molar-refractivity contribution in [2.75, 3.05) is 0 Å². The molecule has 5 heteroatoms. The number of nitrogens with one attached hydrogen (secondary N) is 1. The maximum absolute atomic E-state index is 11.6. The first kappa shape index (κ1) is 17.3. The standard InChI is InChI=1S/C13H17N2O2.Y/c1-4-5-11(3)17-12(14)9-15-7-6-10(2)8-13(15)16;/h5,7-8,14H,4,9H2,1-3H3;/q-1;/b11-5+,14-12?;. The van der Waals surface area contributed by atoms with E-state index in [-0.39, 0.29) is 50.7 Å². The van der Waals surface area contributed by atoms with E-state index < -0.39 is 0 Å². The molecule has 4 nitrogen and oxygen atoms in total. The fourth-order valence-corrected chi connectivity index (χ4v) is 1.39. The largest absolute Gasteiger partial charge is 0.447 e. The van der Waals surface area contributed by atoms with Gasteiger partial charge in [-0.3, -0.25) is 10.2 Å². The van der Waals surface area contributed by atoms with Gasteiger partial charge in [0.1, 0.15) is 0 Å². The Hall–Kier alpha value is -0.736. The van der Waals surface area contributed by atoms with Crippen molar-refractivity contribution in [3.63, 3.8) is 0 Å². The van der Waals surface area contributed by atoms with Crippen molar-refractivity contribution in [2.24, 2.45) is 0 Å². The Morgan fingerprint density at radius 2 is 2.28 bits per heavy atom. The Morgan fingerprint density at radius 1 is 1.61 bits per heavy atom. The van der Waals surface area contributed by atoms with Crippen LogP contribution in [0.3, 0.4) is 0 Å². The summed E-state index contributed by atoms with van der Waals surface area (Å²) in [6, 6.07) is 4.41. The van der Waals surface area contributed by atoms with E-state index in [9.17, 15) is 4.79 Å². The predicted octanol–water partition coefficient (Wildman–Crippen LogP) is 2.26. The van der Waals surface area contributed by atoms with Crippen molar-refractivity contribution in [2.45, 2.75) is 33.7 Å². The Bertz CT molecular complexity index is 492. The molecule has 1 aromatic heterocycles. The van der Waals surface area contributed by atoms with Gasteiger partial charge in [0.25, 0.3) is 0 Å². The molecule has 0 aliphatic rings. The molecule has 0 atom stereocenters. The molecule has 0 saturated heterocycles. The molecule has 1 heterocycles. The number of aromatic nitrogens is 1. The van der Waals surface area contributed by atoms with Gasteiger partial charge in [-0.25, -0.2) is 11.6 Å². The minimum atomic E-state index is -0.147. The molecular weight excluding hydrogens is 305 g/mol. The molecule has 95 valence electrons. The van der Waals surface area contributed by atoms with Gasteiger partial charge in [0.05, 0.1) is 12.3 Å². The molecule has 18 heavy (non-hydrogen) atoms. The van der Waals surface area contributed by atoms with Gasteiger partial charge in [-0.2, -0.15) is 0 Å². The smallest absolute Gasteiger partial charge is 0.206 e. The first-order valence-corrected chi connectivity index (χ1v) is 5.53. The maximum Gasteiger partial charge on any atom is 0.206 e. The van der Waals surface area contributed by atoms with E-state index >= 15 is 0 Å². The molecule has 1 radical (unpaired) electrons. The van der Waals surface area contributed by atoms with Crippen LogP contribution in [-0.4, -0.2) is 10.5 Å². The summed E-state index contributed by atoms with van der Waals surface area (Å²) in [5.41, 5.74) is 0.646. The van der Waals surface area contributed by atoms with E-state index in [1.807, 2.05) is 19.9 Å². The molecule has 1 aromatic rings. The number of hydrogen-bond donors (Lipinski definition) is 1. The van der Waals surface area contributed by atoms with Crippen molar-refractivity contribution < 1.29 is 37.4 Å². The van der Waals surface area contributed by atoms with Crippen LogP contribution in [0, 0.1) is 18.4 Å². The van der Waals surface area contributed by atoms with Crippen LogP contribution in [-0.2, 0) is 44.0 Å². The zero-order valence-corrected chi connectivity index (χ0v) is 13.8. The second kappa shape index (κ2) is 8.38. The van der Waals surface area contributed by atoms with Crippen molar-refractivity contribution in [3.05, 3.63) is 46.1 Å². The normalized spacial score (nSPS) is 10.7. The van der Waals surface area contributed by atoms with Crippen LogP contribution >= 0.6 is 0 Å². The summed E-state index contributed by atoms with van der Waals surface area (Å²) in [6.07, 6.45) is 4.30. The summed E-state index contributed by atoms with van der Waals surface area (Å²) in [4.78, 5) is 11.6. The molecule has 1 rings (SSSR count). The SMILES string of the molecule is CC/C=C(\C)OC(=N)Cn1c[c-]c(C)cc1=O.[Y]. The number of rotatable bonds is 4. The van der Waals surface area contributed by atoms with Gasteiger partial charge < -0.3 is 9.30 Å². The second-order valence-electron chi connectivity index (χ2n) is 3.82.